The van der Waals surface area contributed by atoms with Crippen LogP contribution in [-0.4, -0.2) is 35.5 Å². The van der Waals surface area contributed by atoms with Gasteiger partial charge in [-0.25, -0.2) is 0 Å². The molecule has 1 aliphatic heterocycles. The monoisotopic (exact) mass is 404 g/mol. The van der Waals surface area contributed by atoms with Gasteiger partial charge in [-0.1, -0.05) is 25.1 Å². The van der Waals surface area contributed by atoms with Crippen molar-refractivity contribution < 1.29 is 9.59 Å². The fourth-order valence-corrected chi connectivity index (χ4v) is 3.42. The molecular weight excluding hydrogens is 376 g/mol. The van der Waals surface area contributed by atoms with E-state index in [1.807, 2.05) is 39.0 Å². The molecule has 2 amide bonds. The number of benzene rings is 2. The molecular formula is C24H28N4O2. The number of amides is 2. The van der Waals surface area contributed by atoms with Gasteiger partial charge in [0.25, 0.3) is 11.8 Å². The number of hydrogen-bond acceptors (Lipinski definition) is 4. The molecule has 0 aliphatic carbocycles. The van der Waals surface area contributed by atoms with Gasteiger partial charge in [0.15, 0.2) is 0 Å². The summed E-state index contributed by atoms with van der Waals surface area (Å²) in [6, 6.07) is 15.0. The zero-order valence-corrected chi connectivity index (χ0v) is 18.0. The average molecular weight is 405 g/mol. The van der Waals surface area contributed by atoms with Gasteiger partial charge >= 0.3 is 0 Å². The Balaban J connectivity index is 1.77. The van der Waals surface area contributed by atoms with E-state index in [0.29, 0.717) is 35.6 Å². The minimum Gasteiger partial charge on any atom is -0.361 e. The van der Waals surface area contributed by atoms with E-state index in [1.165, 1.54) is 10.6 Å². The SMILES string of the molecule is CCc1ccccc1NC=C1C(=O)N(c2ccc(C(=O)N(CC)CC)cc2)N=C1C. The Hall–Kier alpha value is -3.41. The number of nitrogens with zero attached hydrogens (tertiary/aromatic N) is 3. The molecule has 2 aromatic carbocycles. The fraction of sp³-hybridized carbons (Fsp3) is 0.292. The zero-order chi connectivity index (χ0) is 21.7. The highest BCUT2D eigenvalue weighted by Crippen LogP contribution is 2.25. The molecule has 0 unspecified atom stereocenters. The van der Waals surface area contributed by atoms with Crippen molar-refractivity contribution in [2.75, 3.05) is 23.4 Å². The second-order valence-corrected chi connectivity index (χ2v) is 7.04. The van der Waals surface area contributed by atoms with Gasteiger partial charge < -0.3 is 10.2 Å². The first-order chi connectivity index (χ1) is 14.5. The lowest BCUT2D eigenvalue weighted by atomic mass is 10.1. The Bertz CT molecular complexity index is 989. The molecule has 0 fully saturated rings. The molecule has 156 valence electrons. The first-order valence-electron chi connectivity index (χ1n) is 10.3. The van der Waals surface area contributed by atoms with Crippen LogP contribution in [0.3, 0.4) is 0 Å². The third kappa shape index (κ3) is 4.27. The van der Waals surface area contributed by atoms with Crippen molar-refractivity contribution in [1.82, 2.24) is 4.90 Å². The Morgan fingerprint density at radius 1 is 1.07 bits per heavy atom. The second kappa shape index (κ2) is 9.39. The van der Waals surface area contributed by atoms with Crippen molar-refractivity contribution in [2.24, 2.45) is 5.10 Å². The van der Waals surface area contributed by atoms with E-state index in [0.717, 1.165) is 12.1 Å². The van der Waals surface area contributed by atoms with Crippen LogP contribution < -0.4 is 10.3 Å². The molecule has 6 heteroatoms. The third-order valence-electron chi connectivity index (χ3n) is 5.24. The van der Waals surface area contributed by atoms with Crippen LogP contribution in [0.5, 0.6) is 0 Å². The number of hydrogen-bond donors (Lipinski definition) is 1. The minimum atomic E-state index is -0.197. The van der Waals surface area contributed by atoms with Crippen LogP contribution in [0.15, 0.2) is 65.4 Å². The summed E-state index contributed by atoms with van der Waals surface area (Å²) in [4.78, 5) is 27.2. The van der Waals surface area contributed by atoms with Crippen molar-refractivity contribution in [3.05, 3.63) is 71.4 Å². The maximum Gasteiger partial charge on any atom is 0.282 e. The summed E-state index contributed by atoms with van der Waals surface area (Å²) in [6.45, 7) is 9.14. The normalized spacial score (nSPS) is 14.8. The topological polar surface area (TPSA) is 65.0 Å². The molecule has 2 aromatic rings. The molecule has 0 atom stereocenters. The Morgan fingerprint density at radius 2 is 1.73 bits per heavy atom. The van der Waals surface area contributed by atoms with Gasteiger partial charge in [-0.15, -0.1) is 0 Å². The predicted molar refractivity (Wildman–Crippen MR) is 122 cm³/mol. The molecule has 0 saturated heterocycles. The molecule has 30 heavy (non-hydrogen) atoms. The maximum atomic E-state index is 12.9. The Labute approximate surface area is 177 Å². The van der Waals surface area contributed by atoms with Gasteiger partial charge in [0.2, 0.25) is 0 Å². The van der Waals surface area contributed by atoms with E-state index < -0.39 is 0 Å². The minimum absolute atomic E-state index is 0.0154. The number of nitrogens with one attached hydrogen (secondary N) is 1. The maximum absolute atomic E-state index is 12.9. The lowest BCUT2D eigenvalue weighted by Crippen LogP contribution is -2.30. The zero-order valence-electron chi connectivity index (χ0n) is 18.0. The molecule has 6 nitrogen and oxygen atoms in total. The fourth-order valence-electron chi connectivity index (χ4n) is 3.42. The molecule has 0 bridgehead atoms. The molecule has 1 aliphatic rings. The predicted octanol–water partition coefficient (Wildman–Crippen LogP) is 4.45. The van der Waals surface area contributed by atoms with Crippen LogP contribution in [-0.2, 0) is 11.2 Å². The van der Waals surface area contributed by atoms with Gasteiger partial charge in [-0.3, -0.25) is 9.59 Å². The van der Waals surface area contributed by atoms with E-state index in [1.54, 1.807) is 35.4 Å². The average Bonchev–Trinajstić information content (AvgIpc) is 3.06. The highest BCUT2D eigenvalue weighted by Gasteiger charge is 2.29. The van der Waals surface area contributed by atoms with Crippen LogP contribution in [0.4, 0.5) is 11.4 Å². The smallest absolute Gasteiger partial charge is 0.282 e. The van der Waals surface area contributed by atoms with Gasteiger partial charge in [0.05, 0.1) is 17.0 Å². The lowest BCUT2D eigenvalue weighted by Gasteiger charge is -2.19. The number of para-hydroxylation sites is 1. The Morgan fingerprint density at radius 3 is 2.37 bits per heavy atom. The van der Waals surface area contributed by atoms with Crippen LogP contribution in [0.2, 0.25) is 0 Å². The summed E-state index contributed by atoms with van der Waals surface area (Å²) < 4.78 is 0. The number of anilines is 2. The van der Waals surface area contributed by atoms with E-state index >= 15 is 0 Å². The first kappa shape index (κ1) is 21.3. The van der Waals surface area contributed by atoms with Gasteiger partial charge in [0.1, 0.15) is 0 Å². The quantitative estimate of drug-likeness (QED) is 0.694. The number of carbonyl (C=O) groups is 2. The number of rotatable bonds is 7. The summed E-state index contributed by atoms with van der Waals surface area (Å²) in [5.74, 6) is -0.213. The first-order valence-corrected chi connectivity index (χ1v) is 10.3. The molecule has 3 rings (SSSR count). The van der Waals surface area contributed by atoms with Crippen molar-refractivity contribution in [2.45, 2.75) is 34.1 Å². The van der Waals surface area contributed by atoms with Crippen LogP contribution in [0, 0.1) is 0 Å². The molecule has 0 spiro atoms. The summed E-state index contributed by atoms with van der Waals surface area (Å²) in [5, 5.41) is 9.04. The third-order valence-corrected chi connectivity index (χ3v) is 5.24. The highest BCUT2D eigenvalue weighted by atomic mass is 16.2. The molecule has 0 aromatic heterocycles. The standard InChI is InChI=1S/C24H28N4O2/c1-5-18-10-8-9-11-22(18)25-16-21-17(4)26-28(24(21)30)20-14-12-19(13-15-20)23(29)27(6-2)7-3/h8-16,25H,5-7H2,1-4H3. The Kier molecular flexibility index (Phi) is 6.67. The van der Waals surface area contributed by atoms with Crippen molar-refractivity contribution >= 4 is 28.9 Å². The van der Waals surface area contributed by atoms with E-state index in [4.69, 9.17) is 0 Å². The largest absolute Gasteiger partial charge is 0.361 e. The van der Waals surface area contributed by atoms with Gasteiger partial charge in [-0.2, -0.15) is 10.1 Å². The van der Waals surface area contributed by atoms with E-state index in [9.17, 15) is 9.59 Å². The van der Waals surface area contributed by atoms with Gasteiger partial charge in [-0.05, 0) is 63.1 Å². The van der Waals surface area contributed by atoms with Crippen LogP contribution in [0.1, 0.15) is 43.6 Å². The molecule has 0 saturated carbocycles. The van der Waals surface area contributed by atoms with Crippen molar-refractivity contribution in [3.8, 4) is 0 Å². The number of carbonyl (C=O) groups excluding carboxylic acids is 2. The van der Waals surface area contributed by atoms with E-state index in [2.05, 4.69) is 23.4 Å². The summed E-state index contributed by atoms with van der Waals surface area (Å²) in [7, 11) is 0. The highest BCUT2D eigenvalue weighted by molar-refractivity contribution is 6.29. The van der Waals surface area contributed by atoms with Gasteiger partial charge in [0, 0.05) is 30.5 Å². The van der Waals surface area contributed by atoms with E-state index in [-0.39, 0.29) is 11.8 Å². The molecule has 0 radical (unpaired) electrons. The number of aryl methyl sites for hydroxylation is 1. The second-order valence-electron chi connectivity index (χ2n) is 7.04. The van der Waals surface area contributed by atoms with Crippen LogP contribution >= 0.6 is 0 Å². The van der Waals surface area contributed by atoms with Crippen molar-refractivity contribution in [1.29, 1.82) is 0 Å². The lowest BCUT2D eigenvalue weighted by molar-refractivity contribution is -0.114. The summed E-state index contributed by atoms with van der Waals surface area (Å²) in [5.41, 5.74) is 4.55. The summed E-state index contributed by atoms with van der Waals surface area (Å²) >= 11 is 0. The summed E-state index contributed by atoms with van der Waals surface area (Å²) in [6.07, 6.45) is 2.62. The van der Waals surface area contributed by atoms with Crippen LogP contribution in [0.25, 0.3) is 0 Å². The molecule has 1 heterocycles. The molecule has 1 N–H and O–H groups in total. The van der Waals surface area contributed by atoms with Crippen molar-refractivity contribution in [3.63, 3.8) is 0 Å². The number of hydrazone groups is 1.